The van der Waals surface area contributed by atoms with Crippen LogP contribution < -0.4 is 5.32 Å². The minimum absolute atomic E-state index is 0.000463. The van der Waals surface area contributed by atoms with Crippen LogP contribution in [-0.4, -0.2) is 15.2 Å². The zero-order valence-corrected chi connectivity index (χ0v) is 10.2. The van der Waals surface area contributed by atoms with Crippen molar-refractivity contribution < 1.29 is 10.2 Å². The smallest absolute Gasteiger partial charge is 0.124 e. The van der Waals surface area contributed by atoms with Crippen molar-refractivity contribution in [3.05, 3.63) is 40.3 Å². The minimum Gasteiger partial charge on any atom is -0.508 e. The highest BCUT2D eigenvalue weighted by molar-refractivity contribution is 7.09. The first-order valence-electron chi connectivity index (χ1n) is 5.30. The van der Waals surface area contributed by atoms with Crippen LogP contribution in [-0.2, 0) is 6.54 Å². The fourth-order valence-electron chi connectivity index (χ4n) is 1.59. The zero-order chi connectivity index (χ0) is 12.3. The Hall–Kier alpha value is -1.59. The molecular formula is C12H14N2O2S. The third kappa shape index (κ3) is 2.95. The van der Waals surface area contributed by atoms with Crippen molar-refractivity contribution in [3.63, 3.8) is 0 Å². The predicted molar refractivity (Wildman–Crippen MR) is 67.1 cm³/mol. The normalized spacial score (nSPS) is 12.5. The number of hydrogen-bond acceptors (Lipinski definition) is 5. The van der Waals surface area contributed by atoms with Gasteiger partial charge in [0.1, 0.15) is 16.5 Å². The van der Waals surface area contributed by atoms with Gasteiger partial charge in [-0.05, 0) is 13.0 Å². The quantitative estimate of drug-likeness (QED) is 0.779. The van der Waals surface area contributed by atoms with E-state index in [4.69, 9.17) is 0 Å². The van der Waals surface area contributed by atoms with Crippen LogP contribution in [0.4, 0.5) is 0 Å². The molecule has 2 rings (SSSR count). The molecule has 17 heavy (non-hydrogen) atoms. The highest BCUT2D eigenvalue weighted by Gasteiger charge is 2.10. The van der Waals surface area contributed by atoms with Crippen LogP contribution in [0.15, 0.2) is 29.8 Å². The van der Waals surface area contributed by atoms with E-state index in [2.05, 4.69) is 10.3 Å². The van der Waals surface area contributed by atoms with E-state index < -0.39 is 0 Å². The van der Waals surface area contributed by atoms with Gasteiger partial charge in [-0.25, -0.2) is 4.98 Å². The van der Waals surface area contributed by atoms with Gasteiger partial charge in [0.25, 0.3) is 0 Å². The molecule has 1 heterocycles. The summed E-state index contributed by atoms with van der Waals surface area (Å²) in [6.45, 7) is 2.62. The number of benzene rings is 1. The highest BCUT2D eigenvalue weighted by atomic mass is 32.1. The summed E-state index contributed by atoms with van der Waals surface area (Å²) in [4.78, 5) is 4.17. The summed E-state index contributed by atoms with van der Waals surface area (Å²) in [7, 11) is 0. The molecule has 0 radical (unpaired) electrons. The van der Waals surface area contributed by atoms with Crippen LogP contribution in [0.2, 0.25) is 0 Å². The average Bonchev–Trinajstić information content (AvgIpc) is 2.78. The first kappa shape index (κ1) is 11.9. The summed E-state index contributed by atoms with van der Waals surface area (Å²) < 4.78 is 0. The van der Waals surface area contributed by atoms with Crippen molar-refractivity contribution in [3.8, 4) is 11.5 Å². The number of phenolic OH excluding ortho intramolecular Hbond substituents is 2. The number of nitrogens with zero attached hydrogens (tertiary/aromatic N) is 1. The number of aromatic nitrogens is 1. The van der Waals surface area contributed by atoms with E-state index >= 15 is 0 Å². The molecular weight excluding hydrogens is 236 g/mol. The monoisotopic (exact) mass is 250 g/mol. The summed E-state index contributed by atoms with van der Waals surface area (Å²) in [5.41, 5.74) is 0.763. The lowest BCUT2D eigenvalue weighted by Crippen LogP contribution is -2.17. The lowest BCUT2D eigenvalue weighted by Gasteiger charge is -2.14. The molecule has 1 aromatic carbocycles. The van der Waals surface area contributed by atoms with Gasteiger partial charge in [-0.1, -0.05) is 6.07 Å². The molecule has 1 aromatic heterocycles. The molecule has 5 heteroatoms. The van der Waals surface area contributed by atoms with Gasteiger partial charge in [0.15, 0.2) is 0 Å². The Kier molecular flexibility index (Phi) is 3.61. The maximum Gasteiger partial charge on any atom is 0.124 e. The van der Waals surface area contributed by atoms with E-state index in [1.807, 2.05) is 12.3 Å². The number of thiazole rings is 1. The van der Waals surface area contributed by atoms with Crippen LogP contribution in [0.25, 0.3) is 0 Å². The summed E-state index contributed by atoms with van der Waals surface area (Å²) >= 11 is 1.59. The topological polar surface area (TPSA) is 65.4 Å². The summed E-state index contributed by atoms with van der Waals surface area (Å²) in [5, 5.41) is 25.1. The van der Waals surface area contributed by atoms with E-state index in [0.29, 0.717) is 6.54 Å². The van der Waals surface area contributed by atoms with Gasteiger partial charge in [0.05, 0.1) is 0 Å². The molecule has 0 amide bonds. The van der Waals surface area contributed by atoms with Gasteiger partial charge in [-0.15, -0.1) is 11.3 Å². The molecule has 1 atom stereocenters. The number of nitrogens with one attached hydrogen (secondary N) is 1. The van der Waals surface area contributed by atoms with Crippen LogP contribution in [0.3, 0.4) is 0 Å². The maximum atomic E-state index is 9.71. The minimum atomic E-state index is -0.000463. The van der Waals surface area contributed by atoms with Gasteiger partial charge < -0.3 is 15.5 Å². The highest BCUT2D eigenvalue weighted by Crippen LogP contribution is 2.27. The SMILES string of the molecule is CC(NCc1nccs1)c1ccc(O)cc1O. The van der Waals surface area contributed by atoms with Crippen molar-refractivity contribution in [1.29, 1.82) is 0 Å². The Morgan fingerprint density at radius 1 is 1.41 bits per heavy atom. The number of aromatic hydroxyl groups is 2. The largest absolute Gasteiger partial charge is 0.508 e. The predicted octanol–water partition coefficient (Wildman–Crippen LogP) is 2.41. The molecule has 0 saturated heterocycles. The molecule has 0 fully saturated rings. The van der Waals surface area contributed by atoms with Gasteiger partial charge in [0.2, 0.25) is 0 Å². The van der Waals surface area contributed by atoms with Crippen molar-refractivity contribution in [2.75, 3.05) is 0 Å². The standard InChI is InChI=1S/C12H14N2O2S/c1-8(14-7-12-13-4-5-17-12)10-3-2-9(15)6-11(10)16/h2-6,8,14-16H,7H2,1H3. The average molecular weight is 250 g/mol. The van der Waals surface area contributed by atoms with Gasteiger partial charge >= 0.3 is 0 Å². The maximum absolute atomic E-state index is 9.71. The molecule has 0 aliphatic carbocycles. The van der Waals surface area contributed by atoms with Crippen LogP contribution in [0, 0.1) is 0 Å². The van der Waals surface area contributed by atoms with Gasteiger partial charge in [-0.2, -0.15) is 0 Å². The first-order valence-corrected chi connectivity index (χ1v) is 6.18. The Labute approximate surface area is 104 Å². The number of rotatable bonds is 4. The molecule has 0 aliphatic heterocycles. The fraction of sp³-hybridized carbons (Fsp3) is 0.250. The molecule has 90 valence electrons. The van der Waals surface area contributed by atoms with E-state index in [1.165, 1.54) is 6.07 Å². The van der Waals surface area contributed by atoms with Gasteiger partial charge in [-0.3, -0.25) is 0 Å². The second-order valence-corrected chi connectivity index (χ2v) is 4.75. The third-order valence-electron chi connectivity index (χ3n) is 2.52. The van der Waals surface area contributed by atoms with Gasteiger partial charge in [0, 0.05) is 35.8 Å². The first-order chi connectivity index (χ1) is 8.16. The molecule has 3 N–H and O–H groups in total. The van der Waals surface area contributed by atoms with E-state index in [0.717, 1.165) is 10.6 Å². The summed E-state index contributed by atoms with van der Waals surface area (Å²) in [6.07, 6.45) is 1.77. The summed E-state index contributed by atoms with van der Waals surface area (Å²) in [5.74, 6) is 0.169. The molecule has 1 unspecified atom stereocenters. The lowest BCUT2D eigenvalue weighted by atomic mass is 10.1. The summed E-state index contributed by atoms with van der Waals surface area (Å²) in [6, 6.07) is 4.62. The number of phenols is 2. The Morgan fingerprint density at radius 3 is 2.88 bits per heavy atom. The lowest BCUT2D eigenvalue weighted by molar-refractivity contribution is 0.436. The van der Waals surface area contributed by atoms with E-state index in [9.17, 15) is 10.2 Å². The number of hydrogen-bond donors (Lipinski definition) is 3. The Bertz CT molecular complexity index is 485. The molecule has 4 nitrogen and oxygen atoms in total. The Balaban J connectivity index is 2.01. The van der Waals surface area contributed by atoms with Crippen molar-refractivity contribution >= 4 is 11.3 Å². The molecule has 0 bridgehead atoms. The third-order valence-corrected chi connectivity index (χ3v) is 3.30. The van der Waals surface area contributed by atoms with Crippen molar-refractivity contribution in [2.24, 2.45) is 0 Å². The zero-order valence-electron chi connectivity index (χ0n) is 9.42. The second-order valence-electron chi connectivity index (χ2n) is 3.77. The van der Waals surface area contributed by atoms with Crippen LogP contribution in [0.1, 0.15) is 23.5 Å². The Morgan fingerprint density at radius 2 is 2.24 bits per heavy atom. The van der Waals surface area contributed by atoms with Crippen LogP contribution >= 0.6 is 11.3 Å². The molecule has 0 spiro atoms. The molecule has 0 saturated carbocycles. The van der Waals surface area contributed by atoms with E-state index in [-0.39, 0.29) is 17.5 Å². The van der Waals surface area contributed by atoms with Crippen molar-refractivity contribution in [2.45, 2.75) is 19.5 Å². The van der Waals surface area contributed by atoms with Crippen molar-refractivity contribution in [1.82, 2.24) is 10.3 Å². The second kappa shape index (κ2) is 5.16. The molecule has 0 aliphatic rings. The van der Waals surface area contributed by atoms with E-state index in [1.54, 1.807) is 29.7 Å². The molecule has 2 aromatic rings. The fourth-order valence-corrected chi connectivity index (χ4v) is 2.16. The van der Waals surface area contributed by atoms with Crippen LogP contribution in [0.5, 0.6) is 11.5 Å².